The number of hydrogen-bond acceptors (Lipinski definition) is 5. The standard InChI is InChI=1S/C25H27N3O3S/c1-14-9-18-20(28(6)22(29)13-25(18,2)3)12-16(14)17-10-15(7-8-19(17)27(4)5)11-21-23(30)26-24(31)32-21/h7-12H,13H2,1-6H3,(H,26,30,31). The van der Waals surface area contributed by atoms with Gasteiger partial charge in [-0.2, -0.15) is 0 Å². The van der Waals surface area contributed by atoms with E-state index >= 15 is 0 Å². The predicted octanol–water partition coefficient (Wildman–Crippen LogP) is 4.70. The van der Waals surface area contributed by atoms with Crippen molar-refractivity contribution >= 4 is 46.3 Å². The van der Waals surface area contributed by atoms with Crippen molar-refractivity contribution in [2.75, 3.05) is 30.9 Å². The van der Waals surface area contributed by atoms with Crippen LogP contribution < -0.4 is 15.1 Å². The van der Waals surface area contributed by atoms with E-state index < -0.39 is 0 Å². The fourth-order valence-corrected chi connectivity index (χ4v) is 5.04. The Morgan fingerprint density at radius 1 is 1.09 bits per heavy atom. The maximum atomic E-state index is 12.6. The number of carbonyl (C=O) groups is 3. The molecule has 2 aromatic rings. The molecule has 166 valence electrons. The van der Waals surface area contributed by atoms with Gasteiger partial charge in [0.1, 0.15) is 0 Å². The summed E-state index contributed by atoms with van der Waals surface area (Å²) in [5.41, 5.74) is 6.89. The fourth-order valence-electron chi connectivity index (χ4n) is 4.35. The van der Waals surface area contributed by atoms with Gasteiger partial charge in [0.2, 0.25) is 5.91 Å². The number of nitrogens with one attached hydrogen (secondary N) is 1. The van der Waals surface area contributed by atoms with E-state index in [0.717, 1.165) is 45.4 Å². The molecule has 6 nitrogen and oxygen atoms in total. The van der Waals surface area contributed by atoms with Gasteiger partial charge >= 0.3 is 0 Å². The van der Waals surface area contributed by atoms with Crippen LogP contribution in [0.25, 0.3) is 17.2 Å². The molecule has 0 saturated carbocycles. The topological polar surface area (TPSA) is 69.7 Å². The first-order valence-electron chi connectivity index (χ1n) is 10.5. The van der Waals surface area contributed by atoms with Crippen LogP contribution in [0.2, 0.25) is 0 Å². The summed E-state index contributed by atoms with van der Waals surface area (Å²) in [6, 6.07) is 10.3. The molecule has 2 aliphatic rings. The molecule has 0 bridgehead atoms. The van der Waals surface area contributed by atoms with Crippen molar-refractivity contribution in [2.24, 2.45) is 0 Å². The second-order valence-corrected chi connectivity index (χ2v) is 10.2. The normalized spacial score (nSPS) is 18.8. The molecular formula is C25H27N3O3S. The van der Waals surface area contributed by atoms with Gasteiger partial charge < -0.3 is 9.80 Å². The summed E-state index contributed by atoms with van der Waals surface area (Å²) < 4.78 is 0. The van der Waals surface area contributed by atoms with E-state index in [9.17, 15) is 14.4 Å². The Kier molecular flexibility index (Phi) is 5.41. The number of carbonyl (C=O) groups excluding carboxylic acids is 3. The molecule has 1 N–H and O–H groups in total. The number of amides is 3. The van der Waals surface area contributed by atoms with Crippen molar-refractivity contribution in [3.63, 3.8) is 0 Å². The zero-order chi connectivity index (χ0) is 23.4. The molecule has 0 aliphatic carbocycles. The van der Waals surface area contributed by atoms with Crippen LogP contribution in [0.4, 0.5) is 16.2 Å². The molecule has 2 heterocycles. The van der Waals surface area contributed by atoms with Crippen LogP contribution in [0, 0.1) is 6.92 Å². The summed E-state index contributed by atoms with van der Waals surface area (Å²) >= 11 is 0.910. The first kappa shape index (κ1) is 22.1. The molecule has 4 rings (SSSR count). The zero-order valence-corrected chi connectivity index (χ0v) is 20.0. The number of fused-ring (bicyclic) bond motifs is 1. The predicted molar refractivity (Wildman–Crippen MR) is 131 cm³/mol. The Hall–Kier alpha value is -3.06. The average molecular weight is 450 g/mol. The van der Waals surface area contributed by atoms with E-state index in [1.54, 1.807) is 11.0 Å². The molecule has 0 atom stereocenters. The molecule has 2 aromatic carbocycles. The lowest BCUT2D eigenvalue weighted by Crippen LogP contribution is -2.39. The van der Waals surface area contributed by atoms with Crippen LogP contribution in [0.1, 0.15) is 37.0 Å². The minimum absolute atomic E-state index is 0.109. The maximum absolute atomic E-state index is 12.6. The monoisotopic (exact) mass is 449 g/mol. The largest absolute Gasteiger partial charge is 0.377 e. The van der Waals surface area contributed by atoms with Gasteiger partial charge in [0, 0.05) is 49.9 Å². The van der Waals surface area contributed by atoms with E-state index in [-0.39, 0.29) is 22.5 Å². The number of anilines is 2. The molecule has 0 radical (unpaired) electrons. The Morgan fingerprint density at radius 2 is 1.81 bits per heavy atom. The minimum atomic E-state index is -0.370. The van der Waals surface area contributed by atoms with Gasteiger partial charge in [0.15, 0.2) is 0 Å². The van der Waals surface area contributed by atoms with E-state index in [4.69, 9.17) is 0 Å². The fraction of sp³-hybridized carbons (Fsp3) is 0.320. The Morgan fingerprint density at radius 3 is 2.44 bits per heavy atom. The lowest BCUT2D eigenvalue weighted by molar-refractivity contribution is -0.119. The van der Waals surface area contributed by atoms with Gasteiger partial charge in [0.25, 0.3) is 11.1 Å². The summed E-state index contributed by atoms with van der Waals surface area (Å²) in [4.78, 5) is 40.3. The van der Waals surface area contributed by atoms with Crippen LogP contribution in [0.15, 0.2) is 35.2 Å². The molecule has 3 amide bonds. The van der Waals surface area contributed by atoms with Crippen LogP contribution in [-0.2, 0) is 15.0 Å². The Labute approximate surface area is 192 Å². The smallest absolute Gasteiger partial charge is 0.290 e. The van der Waals surface area contributed by atoms with Gasteiger partial charge in [-0.25, -0.2) is 0 Å². The highest BCUT2D eigenvalue weighted by molar-refractivity contribution is 8.18. The van der Waals surface area contributed by atoms with Gasteiger partial charge in [-0.05, 0) is 65.2 Å². The molecule has 32 heavy (non-hydrogen) atoms. The number of hydrogen-bond donors (Lipinski definition) is 1. The second-order valence-electron chi connectivity index (χ2n) is 9.22. The highest BCUT2D eigenvalue weighted by Gasteiger charge is 2.36. The van der Waals surface area contributed by atoms with Crippen molar-refractivity contribution < 1.29 is 14.4 Å². The van der Waals surface area contributed by atoms with Crippen molar-refractivity contribution in [2.45, 2.75) is 32.6 Å². The van der Waals surface area contributed by atoms with Gasteiger partial charge in [-0.1, -0.05) is 26.0 Å². The van der Waals surface area contributed by atoms with Gasteiger partial charge in [0.05, 0.1) is 4.91 Å². The van der Waals surface area contributed by atoms with E-state index in [1.807, 2.05) is 44.2 Å². The highest BCUT2D eigenvalue weighted by Crippen LogP contribution is 2.44. The first-order valence-corrected chi connectivity index (χ1v) is 11.3. The van der Waals surface area contributed by atoms with Crippen molar-refractivity contribution in [1.82, 2.24) is 5.32 Å². The third-order valence-electron chi connectivity index (χ3n) is 6.13. The highest BCUT2D eigenvalue weighted by atomic mass is 32.2. The number of aryl methyl sites for hydroxylation is 1. The van der Waals surface area contributed by atoms with Crippen LogP contribution >= 0.6 is 11.8 Å². The summed E-state index contributed by atoms with van der Waals surface area (Å²) in [7, 11) is 5.81. The first-order chi connectivity index (χ1) is 15.0. The third-order valence-corrected chi connectivity index (χ3v) is 6.94. The van der Waals surface area contributed by atoms with Crippen LogP contribution in [0.5, 0.6) is 0 Å². The van der Waals surface area contributed by atoms with E-state index in [1.165, 1.54) is 5.56 Å². The summed E-state index contributed by atoms with van der Waals surface area (Å²) in [5.74, 6) is -0.261. The molecule has 1 saturated heterocycles. The zero-order valence-electron chi connectivity index (χ0n) is 19.2. The van der Waals surface area contributed by atoms with Gasteiger partial charge in [-0.3, -0.25) is 19.7 Å². The molecular weight excluding hydrogens is 422 g/mol. The summed E-state index contributed by atoms with van der Waals surface area (Å²) in [5, 5.41) is 1.94. The lowest BCUT2D eigenvalue weighted by atomic mass is 9.76. The molecule has 0 spiro atoms. The minimum Gasteiger partial charge on any atom is -0.377 e. The molecule has 1 fully saturated rings. The Balaban J connectivity index is 1.89. The average Bonchev–Trinajstić information content (AvgIpc) is 3.02. The lowest BCUT2D eigenvalue weighted by Gasteiger charge is -2.38. The van der Waals surface area contributed by atoms with Crippen molar-refractivity contribution in [1.29, 1.82) is 0 Å². The second kappa shape index (κ2) is 7.81. The number of rotatable bonds is 3. The number of nitrogens with zero attached hydrogens (tertiary/aromatic N) is 2. The summed E-state index contributed by atoms with van der Waals surface area (Å²) in [6.45, 7) is 6.31. The van der Waals surface area contributed by atoms with E-state index in [2.05, 4.69) is 38.2 Å². The Bertz CT molecular complexity index is 1200. The maximum Gasteiger partial charge on any atom is 0.290 e. The number of imide groups is 1. The van der Waals surface area contributed by atoms with Crippen molar-refractivity contribution in [3.05, 3.63) is 51.9 Å². The van der Waals surface area contributed by atoms with Crippen LogP contribution in [-0.4, -0.2) is 38.2 Å². The quantitative estimate of drug-likeness (QED) is 0.688. The van der Waals surface area contributed by atoms with Crippen molar-refractivity contribution in [3.8, 4) is 11.1 Å². The molecule has 7 heteroatoms. The van der Waals surface area contributed by atoms with E-state index in [0.29, 0.717) is 11.3 Å². The van der Waals surface area contributed by atoms with Gasteiger partial charge in [-0.15, -0.1) is 0 Å². The third kappa shape index (κ3) is 3.81. The SMILES string of the molecule is Cc1cc2c(cc1-c1cc(C=C3SC(=O)NC3=O)ccc1N(C)C)N(C)C(=O)CC2(C)C. The summed E-state index contributed by atoms with van der Waals surface area (Å²) in [6.07, 6.45) is 2.22. The molecule has 0 unspecified atom stereocenters. The number of benzene rings is 2. The van der Waals surface area contributed by atoms with Crippen LogP contribution in [0.3, 0.4) is 0 Å². The molecule has 2 aliphatic heterocycles. The molecule has 0 aromatic heterocycles. The number of thioether (sulfide) groups is 1.